The van der Waals surface area contributed by atoms with Crippen LogP contribution in [0.5, 0.6) is 0 Å². The van der Waals surface area contributed by atoms with Crippen molar-refractivity contribution in [3.05, 3.63) is 0 Å². The Morgan fingerprint density at radius 3 is 2.30 bits per heavy atom. The average Bonchev–Trinajstić information content (AvgIpc) is 2.34. The Bertz CT molecular complexity index is 277. The molecule has 118 valence electrons. The maximum Gasteiger partial charge on any atom is 0.303 e. The van der Waals surface area contributed by atoms with E-state index in [4.69, 9.17) is 5.11 Å². The molecule has 20 heavy (non-hydrogen) atoms. The predicted octanol–water partition coefficient (Wildman–Crippen LogP) is 3.60. The average molecular weight is 285 g/mol. The molecule has 0 fully saturated rings. The topological polar surface area (TPSA) is 66.4 Å². The lowest BCUT2D eigenvalue weighted by Crippen LogP contribution is -2.30. The number of carboxylic acids is 1. The van der Waals surface area contributed by atoms with Crippen LogP contribution in [0, 0.1) is 11.8 Å². The number of aliphatic carboxylic acids is 1. The summed E-state index contributed by atoms with van der Waals surface area (Å²) in [6.45, 7) is 6.80. The highest BCUT2D eigenvalue weighted by Crippen LogP contribution is 2.15. The maximum absolute atomic E-state index is 11.7. The van der Waals surface area contributed by atoms with Crippen molar-refractivity contribution in [1.29, 1.82) is 0 Å². The molecule has 0 radical (unpaired) electrons. The van der Waals surface area contributed by atoms with Gasteiger partial charge in [0.15, 0.2) is 0 Å². The molecule has 0 saturated carbocycles. The van der Waals surface area contributed by atoms with Gasteiger partial charge in [-0.25, -0.2) is 0 Å². The van der Waals surface area contributed by atoms with E-state index in [-0.39, 0.29) is 18.2 Å². The molecule has 0 unspecified atom stereocenters. The minimum Gasteiger partial charge on any atom is -0.481 e. The van der Waals surface area contributed by atoms with Gasteiger partial charge in [-0.1, -0.05) is 46.5 Å². The minimum absolute atomic E-state index is 0.0385. The van der Waals surface area contributed by atoms with Crippen LogP contribution in [-0.4, -0.2) is 23.5 Å². The number of hydrogen-bond acceptors (Lipinski definition) is 2. The van der Waals surface area contributed by atoms with E-state index < -0.39 is 5.97 Å². The zero-order valence-electron chi connectivity index (χ0n) is 13.3. The summed E-state index contributed by atoms with van der Waals surface area (Å²) in [5, 5.41) is 11.8. The Balaban J connectivity index is 3.83. The van der Waals surface area contributed by atoms with Gasteiger partial charge in [-0.05, 0) is 24.7 Å². The molecular formula is C16H31NO3. The van der Waals surface area contributed by atoms with E-state index in [1.54, 1.807) is 0 Å². The Kier molecular flexibility index (Phi) is 11.1. The molecule has 4 nitrogen and oxygen atoms in total. The number of hydrogen-bond donors (Lipinski definition) is 2. The van der Waals surface area contributed by atoms with Gasteiger partial charge in [0.1, 0.15) is 0 Å². The van der Waals surface area contributed by atoms with E-state index in [0.717, 1.165) is 19.3 Å². The summed E-state index contributed by atoms with van der Waals surface area (Å²) >= 11 is 0. The lowest BCUT2D eigenvalue weighted by molar-refractivity contribution is -0.138. The van der Waals surface area contributed by atoms with Crippen LogP contribution in [0.3, 0.4) is 0 Å². The molecule has 0 spiro atoms. The molecule has 2 N–H and O–H groups in total. The Morgan fingerprint density at radius 2 is 1.75 bits per heavy atom. The van der Waals surface area contributed by atoms with Gasteiger partial charge in [0.25, 0.3) is 0 Å². The monoisotopic (exact) mass is 285 g/mol. The van der Waals surface area contributed by atoms with Crippen LogP contribution < -0.4 is 5.32 Å². The molecule has 0 heterocycles. The first kappa shape index (κ1) is 18.9. The third kappa shape index (κ3) is 12.0. The largest absolute Gasteiger partial charge is 0.481 e. The van der Waals surface area contributed by atoms with Crippen molar-refractivity contribution in [2.75, 3.05) is 6.54 Å². The first-order valence-electron chi connectivity index (χ1n) is 7.94. The second-order valence-corrected chi connectivity index (χ2v) is 6.06. The zero-order chi connectivity index (χ0) is 15.4. The summed E-state index contributed by atoms with van der Waals surface area (Å²) in [4.78, 5) is 22.5. The minimum atomic E-state index is -0.788. The number of rotatable bonds is 12. The predicted molar refractivity (Wildman–Crippen MR) is 81.6 cm³/mol. The summed E-state index contributed by atoms with van der Waals surface area (Å²) in [7, 11) is 0. The highest BCUT2D eigenvalue weighted by Gasteiger charge is 2.15. The second-order valence-electron chi connectivity index (χ2n) is 6.06. The second kappa shape index (κ2) is 11.7. The fourth-order valence-corrected chi connectivity index (χ4v) is 2.39. The molecule has 0 rings (SSSR count). The van der Waals surface area contributed by atoms with E-state index >= 15 is 0 Å². The standard InChI is InChI=1S/C16H31NO3/c1-4-5-6-7-8-9-15(18)17-12-14(10-13(2)3)11-16(19)20/h13-14H,4-12H2,1-3H3,(H,17,18)(H,19,20)/t14-/m0/s1. The van der Waals surface area contributed by atoms with Crippen molar-refractivity contribution < 1.29 is 14.7 Å². The van der Waals surface area contributed by atoms with Crippen molar-refractivity contribution >= 4 is 11.9 Å². The van der Waals surface area contributed by atoms with Gasteiger partial charge in [-0.15, -0.1) is 0 Å². The number of unbranched alkanes of at least 4 members (excludes halogenated alkanes) is 4. The van der Waals surface area contributed by atoms with Crippen molar-refractivity contribution in [3.63, 3.8) is 0 Å². The lowest BCUT2D eigenvalue weighted by Gasteiger charge is -2.17. The number of carbonyl (C=O) groups is 2. The van der Waals surface area contributed by atoms with Crippen LogP contribution in [0.2, 0.25) is 0 Å². The molecule has 1 atom stereocenters. The molecule has 0 aliphatic heterocycles. The molecule has 0 aromatic heterocycles. The van der Waals surface area contributed by atoms with Gasteiger partial charge in [-0.2, -0.15) is 0 Å². The molecule has 0 aromatic rings. The number of carbonyl (C=O) groups excluding carboxylic acids is 1. The third-order valence-electron chi connectivity index (χ3n) is 3.36. The van der Waals surface area contributed by atoms with Gasteiger partial charge in [-0.3, -0.25) is 9.59 Å². The quantitative estimate of drug-likeness (QED) is 0.538. The van der Waals surface area contributed by atoms with E-state index in [2.05, 4.69) is 26.1 Å². The van der Waals surface area contributed by atoms with Gasteiger partial charge in [0.2, 0.25) is 5.91 Å². The fraction of sp³-hybridized carbons (Fsp3) is 0.875. The van der Waals surface area contributed by atoms with Crippen molar-refractivity contribution in [3.8, 4) is 0 Å². The van der Waals surface area contributed by atoms with Crippen molar-refractivity contribution in [1.82, 2.24) is 5.32 Å². The molecule has 0 aliphatic rings. The van der Waals surface area contributed by atoms with E-state index in [1.807, 2.05) is 0 Å². The van der Waals surface area contributed by atoms with Crippen molar-refractivity contribution in [2.45, 2.75) is 72.1 Å². The van der Waals surface area contributed by atoms with Crippen LogP contribution >= 0.6 is 0 Å². The summed E-state index contributed by atoms with van der Waals surface area (Å²) in [5.41, 5.74) is 0. The van der Waals surface area contributed by atoms with Gasteiger partial charge >= 0.3 is 5.97 Å². The van der Waals surface area contributed by atoms with Crippen LogP contribution in [0.25, 0.3) is 0 Å². The first-order valence-corrected chi connectivity index (χ1v) is 7.94. The summed E-state index contributed by atoms with van der Waals surface area (Å²) in [6.07, 6.45) is 7.20. The molecular weight excluding hydrogens is 254 g/mol. The molecule has 0 aliphatic carbocycles. The van der Waals surface area contributed by atoms with Crippen molar-refractivity contribution in [2.24, 2.45) is 11.8 Å². The molecule has 0 saturated heterocycles. The maximum atomic E-state index is 11.7. The first-order chi connectivity index (χ1) is 9.45. The Morgan fingerprint density at radius 1 is 1.10 bits per heavy atom. The summed E-state index contributed by atoms with van der Waals surface area (Å²) in [5.74, 6) is -0.244. The number of nitrogens with one attached hydrogen (secondary N) is 1. The SMILES string of the molecule is CCCCCCCC(=O)NC[C@H](CC(=O)O)CC(C)C. The summed E-state index contributed by atoms with van der Waals surface area (Å²) < 4.78 is 0. The van der Waals surface area contributed by atoms with Crippen LogP contribution in [0.15, 0.2) is 0 Å². The van der Waals surface area contributed by atoms with Crippen LogP contribution in [0.4, 0.5) is 0 Å². The normalized spacial score (nSPS) is 12.4. The molecule has 0 aromatic carbocycles. The summed E-state index contributed by atoms with van der Waals surface area (Å²) in [6, 6.07) is 0. The number of carboxylic acid groups (broad SMARTS) is 1. The molecule has 0 bridgehead atoms. The Hall–Kier alpha value is -1.06. The smallest absolute Gasteiger partial charge is 0.303 e. The van der Waals surface area contributed by atoms with Crippen LogP contribution in [0.1, 0.15) is 72.1 Å². The van der Waals surface area contributed by atoms with Gasteiger partial charge < -0.3 is 10.4 Å². The van der Waals surface area contributed by atoms with Crippen LogP contribution in [-0.2, 0) is 9.59 Å². The van der Waals surface area contributed by atoms with Gasteiger partial charge in [0, 0.05) is 19.4 Å². The molecule has 1 amide bonds. The van der Waals surface area contributed by atoms with Gasteiger partial charge in [0.05, 0.1) is 0 Å². The number of amides is 1. The Labute approximate surface area is 123 Å². The van der Waals surface area contributed by atoms with E-state index in [9.17, 15) is 9.59 Å². The highest BCUT2D eigenvalue weighted by atomic mass is 16.4. The zero-order valence-corrected chi connectivity index (χ0v) is 13.3. The highest BCUT2D eigenvalue weighted by molar-refractivity contribution is 5.75. The van der Waals surface area contributed by atoms with E-state index in [1.165, 1.54) is 19.3 Å². The lowest BCUT2D eigenvalue weighted by atomic mass is 9.94. The third-order valence-corrected chi connectivity index (χ3v) is 3.36. The van der Waals surface area contributed by atoms with E-state index in [0.29, 0.717) is 18.9 Å². The fourth-order valence-electron chi connectivity index (χ4n) is 2.39. The molecule has 4 heteroatoms.